The molecule has 0 atom stereocenters. The van der Waals surface area contributed by atoms with E-state index in [2.05, 4.69) is 9.17 Å². The third kappa shape index (κ3) is 2.56. The fourth-order valence-electron chi connectivity index (χ4n) is 0.610. The van der Waals surface area contributed by atoms with Crippen LogP contribution in [0.5, 0.6) is 5.88 Å². The van der Waals surface area contributed by atoms with Crippen LogP contribution >= 0.6 is 0 Å². The van der Waals surface area contributed by atoms with Crippen LogP contribution in [-0.4, -0.2) is 18.9 Å². The smallest absolute Gasteiger partial charge is 0.352 e. The van der Waals surface area contributed by atoms with E-state index >= 15 is 0 Å². The summed E-state index contributed by atoms with van der Waals surface area (Å²) in [7, 11) is -6.06. The minimum absolute atomic E-state index is 0.379. The Morgan fingerprint density at radius 3 is 2.25 bits per heavy atom. The SMILES string of the molecule is O=S(=O)(Oc1nc(F)ccc1F)C(F)(F)F. The molecule has 0 bridgehead atoms. The molecule has 0 spiro atoms. The van der Waals surface area contributed by atoms with Crippen LogP contribution in [0.25, 0.3) is 0 Å². The lowest BCUT2D eigenvalue weighted by atomic mass is 10.5. The predicted molar refractivity (Wildman–Crippen MR) is 39.8 cm³/mol. The van der Waals surface area contributed by atoms with Gasteiger partial charge in [-0.3, -0.25) is 0 Å². The van der Waals surface area contributed by atoms with Crippen LogP contribution in [0, 0.1) is 11.8 Å². The summed E-state index contributed by atoms with van der Waals surface area (Å²) in [5, 5.41) is 0. The van der Waals surface area contributed by atoms with Gasteiger partial charge in [-0.2, -0.15) is 31.0 Å². The van der Waals surface area contributed by atoms with Crippen molar-refractivity contribution >= 4 is 10.1 Å². The highest BCUT2D eigenvalue weighted by atomic mass is 32.2. The van der Waals surface area contributed by atoms with Crippen molar-refractivity contribution < 1.29 is 34.6 Å². The Kier molecular flexibility index (Phi) is 3.03. The van der Waals surface area contributed by atoms with Crippen LogP contribution < -0.4 is 4.18 Å². The second-order valence-corrected chi connectivity index (χ2v) is 3.94. The molecule has 4 nitrogen and oxygen atoms in total. The quantitative estimate of drug-likeness (QED) is 0.352. The van der Waals surface area contributed by atoms with Crippen LogP contribution in [0.1, 0.15) is 0 Å². The molecule has 10 heteroatoms. The van der Waals surface area contributed by atoms with E-state index in [0.717, 1.165) is 0 Å². The molecule has 0 fully saturated rings. The first kappa shape index (κ1) is 12.6. The Labute approximate surface area is 85.8 Å². The molecular formula is C6H2F5NO3S. The molecule has 1 aromatic rings. The van der Waals surface area contributed by atoms with Crippen LogP contribution in [0.4, 0.5) is 22.0 Å². The van der Waals surface area contributed by atoms with E-state index in [-0.39, 0.29) is 0 Å². The minimum Gasteiger partial charge on any atom is -0.352 e. The van der Waals surface area contributed by atoms with E-state index in [1.54, 1.807) is 0 Å². The van der Waals surface area contributed by atoms with Gasteiger partial charge in [-0.1, -0.05) is 0 Å². The Balaban J connectivity index is 3.11. The first-order valence-electron chi connectivity index (χ1n) is 3.46. The molecule has 0 unspecified atom stereocenters. The normalized spacial score (nSPS) is 12.6. The van der Waals surface area contributed by atoms with E-state index in [1.165, 1.54) is 0 Å². The number of alkyl halides is 3. The summed E-state index contributed by atoms with van der Waals surface area (Å²) in [4.78, 5) is 2.53. The highest BCUT2D eigenvalue weighted by Gasteiger charge is 2.49. The molecular weight excluding hydrogens is 261 g/mol. The van der Waals surface area contributed by atoms with E-state index < -0.39 is 33.3 Å². The molecule has 0 radical (unpaired) electrons. The molecule has 0 N–H and O–H groups in total. The molecule has 1 heterocycles. The second kappa shape index (κ2) is 3.85. The van der Waals surface area contributed by atoms with Gasteiger partial charge in [0.25, 0.3) is 5.88 Å². The van der Waals surface area contributed by atoms with E-state index in [4.69, 9.17) is 0 Å². The Morgan fingerprint density at radius 1 is 1.19 bits per heavy atom. The van der Waals surface area contributed by atoms with E-state index in [1.807, 2.05) is 0 Å². The number of aromatic nitrogens is 1. The Hall–Kier alpha value is -1.45. The number of hydrogen-bond donors (Lipinski definition) is 0. The van der Waals surface area contributed by atoms with Crippen molar-refractivity contribution in [2.45, 2.75) is 5.51 Å². The van der Waals surface area contributed by atoms with E-state index in [0.29, 0.717) is 12.1 Å². The van der Waals surface area contributed by atoms with Crippen molar-refractivity contribution in [1.82, 2.24) is 4.98 Å². The number of nitrogens with zero attached hydrogens (tertiary/aromatic N) is 1. The third-order valence-electron chi connectivity index (χ3n) is 1.25. The van der Waals surface area contributed by atoms with Gasteiger partial charge in [0.15, 0.2) is 5.82 Å². The molecule has 0 saturated heterocycles. The minimum atomic E-state index is -6.06. The lowest BCUT2D eigenvalue weighted by molar-refractivity contribution is -0.0502. The lowest BCUT2D eigenvalue weighted by Crippen LogP contribution is -2.28. The maximum absolute atomic E-state index is 12.7. The molecule has 0 aliphatic rings. The summed E-state index contributed by atoms with van der Waals surface area (Å²) in [6.45, 7) is 0. The summed E-state index contributed by atoms with van der Waals surface area (Å²) in [6.07, 6.45) is 0. The maximum atomic E-state index is 12.7. The van der Waals surface area contributed by atoms with Crippen molar-refractivity contribution in [2.75, 3.05) is 0 Å². The molecule has 0 aromatic carbocycles. The zero-order chi connectivity index (χ0) is 12.6. The molecule has 90 valence electrons. The van der Waals surface area contributed by atoms with Gasteiger partial charge >= 0.3 is 15.6 Å². The van der Waals surface area contributed by atoms with Gasteiger partial charge < -0.3 is 4.18 Å². The van der Waals surface area contributed by atoms with E-state index in [9.17, 15) is 30.4 Å². The second-order valence-electron chi connectivity index (χ2n) is 2.40. The van der Waals surface area contributed by atoms with Gasteiger partial charge in [0, 0.05) is 0 Å². The molecule has 16 heavy (non-hydrogen) atoms. The van der Waals surface area contributed by atoms with Gasteiger partial charge in [0.1, 0.15) is 0 Å². The molecule has 0 aliphatic carbocycles. The van der Waals surface area contributed by atoms with Crippen LogP contribution in [0.2, 0.25) is 0 Å². The van der Waals surface area contributed by atoms with Gasteiger partial charge in [-0.15, -0.1) is 0 Å². The molecule has 0 amide bonds. The highest BCUT2D eigenvalue weighted by molar-refractivity contribution is 7.87. The molecule has 0 saturated carbocycles. The van der Waals surface area contributed by atoms with Gasteiger partial charge in [-0.05, 0) is 12.1 Å². The predicted octanol–water partition coefficient (Wildman–Crippen LogP) is 1.59. The fourth-order valence-corrected chi connectivity index (χ4v) is 1.03. The summed E-state index contributed by atoms with van der Waals surface area (Å²) in [5.41, 5.74) is -5.74. The van der Waals surface area contributed by atoms with Crippen LogP contribution in [0.3, 0.4) is 0 Å². The number of hydrogen-bond acceptors (Lipinski definition) is 4. The van der Waals surface area contributed by atoms with Crippen LogP contribution in [0.15, 0.2) is 12.1 Å². The maximum Gasteiger partial charge on any atom is 0.534 e. The first-order chi connectivity index (χ1) is 7.13. The van der Waals surface area contributed by atoms with Crippen LogP contribution in [-0.2, 0) is 10.1 Å². The number of rotatable bonds is 2. The zero-order valence-electron chi connectivity index (χ0n) is 7.12. The Morgan fingerprint density at radius 2 is 1.75 bits per heavy atom. The molecule has 0 aliphatic heterocycles. The van der Waals surface area contributed by atoms with Gasteiger partial charge in [0.2, 0.25) is 5.95 Å². The first-order valence-corrected chi connectivity index (χ1v) is 4.87. The third-order valence-corrected chi connectivity index (χ3v) is 2.20. The monoisotopic (exact) mass is 263 g/mol. The summed E-state index contributed by atoms with van der Waals surface area (Å²) >= 11 is 0. The summed E-state index contributed by atoms with van der Waals surface area (Å²) in [5.74, 6) is -4.51. The van der Waals surface area contributed by atoms with Crippen molar-refractivity contribution in [1.29, 1.82) is 0 Å². The average Bonchev–Trinajstić information content (AvgIpc) is 2.09. The fraction of sp³-hybridized carbons (Fsp3) is 0.167. The molecule has 1 rings (SSSR count). The average molecular weight is 263 g/mol. The van der Waals surface area contributed by atoms with Crippen molar-refractivity contribution in [3.05, 3.63) is 23.9 Å². The van der Waals surface area contributed by atoms with Crippen molar-refractivity contribution in [3.63, 3.8) is 0 Å². The number of pyridine rings is 1. The topological polar surface area (TPSA) is 56.3 Å². The van der Waals surface area contributed by atoms with Crippen molar-refractivity contribution in [2.24, 2.45) is 0 Å². The molecule has 1 aromatic heterocycles. The summed E-state index contributed by atoms with van der Waals surface area (Å²) < 4.78 is 84.6. The zero-order valence-corrected chi connectivity index (χ0v) is 7.94. The van der Waals surface area contributed by atoms with Gasteiger partial charge in [0.05, 0.1) is 0 Å². The van der Waals surface area contributed by atoms with Crippen molar-refractivity contribution in [3.8, 4) is 5.88 Å². The summed E-state index contributed by atoms with van der Waals surface area (Å²) in [6, 6.07) is 0.867. The van der Waals surface area contributed by atoms with Gasteiger partial charge in [-0.25, -0.2) is 4.39 Å². The Bertz CT molecular complexity index is 497. The largest absolute Gasteiger partial charge is 0.534 e. The highest BCUT2D eigenvalue weighted by Crippen LogP contribution is 2.27. The lowest BCUT2D eigenvalue weighted by Gasteiger charge is -2.08. The standard InChI is InChI=1S/C6H2F5NO3S/c7-3-1-2-4(8)12-5(3)15-16(13,14)6(9,10)11/h1-2H. The number of halogens is 5.